The first-order chi connectivity index (χ1) is 14.5. The number of anilines is 1. The lowest BCUT2D eigenvalue weighted by Crippen LogP contribution is -2.22. The number of ether oxygens (including phenoxy) is 1. The molecule has 150 valence electrons. The molecule has 1 aromatic heterocycles. The van der Waals surface area contributed by atoms with Gasteiger partial charge < -0.3 is 14.5 Å². The second-order valence-electron chi connectivity index (χ2n) is 6.80. The molecule has 0 aliphatic rings. The van der Waals surface area contributed by atoms with Crippen molar-refractivity contribution in [3.05, 3.63) is 93.6 Å². The van der Waals surface area contributed by atoms with E-state index in [2.05, 4.69) is 5.32 Å². The number of fused-ring (bicyclic) bond motifs is 1. The van der Waals surface area contributed by atoms with Crippen molar-refractivity contribution in [3.8, 4) is 17.1 Å². The number of rotatable bonds is 5. The molecule has 6 heteroatoms. The highest BCUT2D eigenvalue weighted by Gasteiger charge is 2.19. The molecule has 0 unspecified atom stereocenters. The molecule has 1 N–H and O–H groups in total. The summed E-state index contributed by atoms with van der Waals surface area (Å²) >= 11 is 5.86. The molecule has 4 rings (SSSR count). The lowest BCUT2D eigenvalue weighted by atomic mass is 10.1. The summed E-state index contributed by atoms with van der Waals surface area (Å²) in [5.74, 6) is -0.109. The Kier molecular flexibility index (Phi) is 5.55. The third-order valence-corrected chi connectivity index (χ3v) is 4.77. The van der Waals surface area contributed by atoms with Crippen LogP contribution in [0.3, 0.4) is 0 Å². The first-order valence-electron chi connectivity index (χ1n) is 9.32. The summed E-state index contributed by atoms with van der Waals surface area (Å²) in [7, 11) is 0. The molecule has 0 spiro atoms. The van der Waals surface area contributed by atoms with Crippen molar-refractivity contribution in [2.24, 2.45) is 0 Å². The standard InChI is InChI=1S/C24H18ClNO4/c1-15-7-12-20-19(13-15)22(28)24(23(30-20)16-5-3-2-4-6-16)29-14-21(27)26-18-10-8-17(25)9-11-18/h2-13H,14H2,1H3,(H,26,27). The zero-order chi connectivity index (χ0) is 21.1. The van der Waals surface area contributed by atoms with Gasteiger partial charge in [0, 0.05) is 16.3 Å². The predicted octanol–water partition coefficient (Wildman–Crippen LogP) is 5.44. The summed E-state index contributed by atoms with van der Waals surface area (Å²) in [6, 6.07) is 21.3. The number of carbonyl (C=O) groups is 1. The SMILES string of the molecule is Cc1ccc2oc(-c3ccccc3)c(OCC(=O)Nc3ccc(Cl)cc3)c(=O)c2c1. The highest BCUT2D eigenvalue weighted by Crippen LogP contribution is 2.31. The maximum absolute atomic E-state index is 13.2. The van der Waals surface area contributed by atoms with Gasteiger partial charge in [0.15, 0.2) is 12.4 Å². The van der Waals surface area contributed by atoms with E-state index in [0.29, 0.717) is 27.2 Å². The Bertz CT molecular complexity index is 1260. The minimum atomic E-state index is -0.403. The van der Waals surface area contributed by atoms with Crippen LogP contribution in [0.25, 0.3) is 22.3 Å². The first-order valence-corrected chi connectivity index (χ1v) is 9.70. The first kappa shape index (κ1) is 19.7. The van der Waals surface area contributed by atoms with Gasteiger partial charge in [-0.2, -0.15) is 0 Å². The van der Waals surface area contributed by atoms with Crippen molar-refractivity contribution in [3.63, 3.8) is 0 Å². The highest BCUT2D eigenvalue weighted by molar-refractivity contribution is 6.30. The quantitative estimate of drug-likeness (QED) is 0.467. The van der Waals surface area contributed by atoms with E-state index in [1.165, 1.54) is 0 Å². The summed E-state index contributed by atoms with van der Waals surface area (Å²) in [5, 5.41) is 3.68. The second-order valence-corrected chi connectivity index (χ2v) is 7.24. The molecule has 3 aromatic carbocycles. The van der Waals surface area contributed by atoms with E-state index in [0.717, 1.165) is 5.56 Å². The minimum absolute atomic E-state index is 0.00514. The molecule has 0 saturated heterocycles. The van der Waals surface area contributed by atoms with Gasteiger partial charge in [0.25, 0.3) is 5.91 Å². The van der Waals surface area contributed by atoms with Gasteiger partial charge in [0.1, 0.15) is 5.58 Å². The average molecular weight is 420 g/mol. The molecule has 0 atom stereocenters. The van der Waals surface area contributed by atoms with Crippen molar-refractivity contribution in [2.75, 3.05) is 11.9 Å². The number of amides is 1. The van der Waals surface area contributed by atoms with Crippen LogP contribution in [0.5, 0.6) is 5.75 Å². The zero-order valence-corrected chi connectivity index (χ0v) is 16.9. The monoisotopic (exact) mass is 419 g/mol. The second kappa shape index (κ2) is 8.43. The third kappa shape index (κ3) is 4.21. The van der Waals surface area contributed by atoms with E-state index < -0.39 is 5.91 Å². The van der Waals surface area contributed by atoms with Gasteiger partial charge in [0.05, 0.1) is 5.39 Å². The van der Waals surface area contributed by atoms with Gasteiger partial charge in [-0.15, -0.1) is 0 Å². The van der Waals surface area contributed by atoms with E-state index in [1.54, 1.807) is 36.4 Å². The van der Waals surface area contributed by atoms with Crippen LogP contribution in [0, 0.1) is 6.92 Å². The molecule has 0 radical (unpaired) electrons. The normalized spacial score (nSPS) is 10.7. The molecule has 5 nitrogen and oxygen atoms in total. The number of nitrogens with one attached hydrogen (secondary N) is 1. The number of hydrogen-bond donors (Lipinski definition) is 1. The van der Waals surface area contributed by atoms with Crippen LogP contribution < -0.4 is 15.5 Å². The molecule has 0 aliphatic heterocycles. The van der Waals surface area contributed by atoms with Crippen LogP contribution in [-0.4, -0.2) is 12.5 Å². The number of benzene rings is 3. The van der Waals surface area contributed by atoms with Crippen molar-refractivity contribution in [2.45, 2.75) is 6.92 Å². The molecule has 4 aromatic rings. The topological polar surface area (TPSA) is 68.5 Å². The van der Waals surface area contributed by atoms with E-state index in [1.807, 2.05) is 43.3 Å². The highest BCUT2D eigenvalue weighted by atomic mass is 35.5. The summed E-state index contributed by atoms with van der Waals surface area (Å²) in [4.78, 5) is 25.5. The lowest BCUT2D eigenvalue weighted by Gasteiger charge is -2.12. The molecule has 0 aliphatic carbocycles. The Morgan fingerprint density at radius 3 is 2.50 bits per heavy atom. The van der Waals surface area contributed by atoms with Crippen LogP contribution in [0.1, 0.15) is 5.56 Å². The fourth-order valence-electron chi connectivity index (χ4n) is 3.07. The number of halogens is 1. The van der Waals surface area contributed by atoms with Gasteiger partial charge >= 0.3 is 0 Å². The van der Waals surface area contributed by atoms with Gasteiger partial charge in [-0.3, -0.25) is 9.59 Å². The van der Waals surface area contributed by atoms with Gasteiger partial charge in [0.2, 0.25) is 11.2 Å². The minimum Gasteiger partial charge on any atom is -0.476 e. The van der Waals surface area contributed by atoms with E-state index in [-0.39, 0.29) is 23.5 Å². The summed E-state index contributed by atoms with van der Waals surface area (Å²) < 4.78 is 11.7. The maximum atomic E-state index is 13.2. The molecule has 0 saturated carbocycles. The van der Waals surface area contributed by atoms with Crippen LogP contribution in [-0.2, 0) is 4.79 Å². The van der Waals surface area contributed by atoms with Crippen LogP contribution in [0.4, 0.5) is 5.69 Å². The molecule has 30 heavy (non-hydrogen) atoms. The van der Waals surface area contributed by atoms with Crippen LogP contribution in [0.15, 0.2) is 82.0 Å². The number of carbonyl (C=O) groups excluding carboxylic acids is 1. The summed E-state index contributed by atoms with van der Waals surface area (Å²) in [6.45, 7) is 1.55. The molecule has 1 amide bonds. The van der Waals surface area contributed by atoms with Crippen LogP contribution >= 0.6 is 11.6 Å². The Morgan fingerprint density at radius 2 is 1.77 bits per heavy atom. The Balaban J connectivity index is 1.67. The Morgan fingerprint density at radius 1 is 1.03 bits per heavy atom. The smallest absolute Gasteiger partial charge is 0.262 e. The molecular formula is C24H18ClNO4. The Labute approximate surface area is 177 Å². The zero-order valence-electron chi connectivity index (χ0n) is 16.1. The fraction of sp³-hybridized carbons (Fsp3) is 0.0833. The van der Waals surface area contributed by atoms with Crippen molar-refractivity contribution >= 4 is 34.2 Å². The van der Waals surface area contributed by atoms with Crippen molar-refractivity contribution in [1.29, 1.82) is 0 Å². The largest absolute Gasteiger partial charge is 0.476 e. The van der Waals surface area contributed by atoms with E-state index in [9.17, 15) is 9.59 Å². The molecular weight excluding hydrogens is 402 g/mol. The van der Waals surface area contributed by atoms with Crippen molar-refractivity contribution < 1.29 is 13.9 Å². The Hall–Kier alpha value is -3.57. The summed E-state index contributed by atoms with van der Waals surface area (Å²) in [6.07, 6.45) is 0. The van der Waals surface area contributed by atoms with Crippen molar-refractivity contribution in [1.82, 2.24) is 0 Å². The van der Waals surface area contributed by atoms with Crippen LogP contribution in [0.2, 0.25) is 5.02 Å². The maximum Gasteiger partial charge on any atom is 0.262 e. The van der Waals surface area contributed by atoms with E-state index in [4.69, 9.17) is 20.8 Å². The number of aryl methyl sites for hydroxylation is 1. The number of hydrogen-bond acceptors (Lipinski definition) is 4. The third-order valence-electron chi connectivity index (χ3n) is 4.52. The van der Waals surface area contributed by atoms with Gasteiger partial charge in [-0.1, -0.05) is 53.6 Å². The predicted molar refractivity (Wildman–Crippen MR) is 118 cm³/mol. The summed E-state index contributed by atoms with van der Waals surface area (Å²) in [5.41, 5.74) is 2.33. The average Bonchev–Trinajstić information content (AvgIpc) is 2.75. The molecule has 1 heterocycles. The van der Waals surface area contributed by atoms with Gasteiger partial charge in [-0.05, 0) is 43.3 Å². The lowest BCUT2D eigenvalue weighted by molar-refractivity contribution is -0.118. The van der Waals surface area contributed by atoms with E-state index >= 15 is 0 Å². The fourth-order valence-corrected chi connectivity index (χ4v) is 3.20. The molecule has 0 fully saturated rings. The van der Waals surface area contributed by atoms with Gasteiger partial charge in [-0.25, -0.2) is 0 Å². The molecule has 0 bridgehead atoms.